The summed E-state index contributed by atoms with van der Waals surface area (Å²) in [5.74, 6) is -1.12. The average Bonchev–Trinajstić information content (AvgIpc) is 1.87. The van der Waals surface area contributed by atoms with Gasteiger partial charge in [0.15, 0.2) is 11.6 Å². The smallest absolute Gasteiger partial charge is 0.171 e. The lowest BCUT2D eigenvalue weighted by molar-refractivity contribution is -0.128. The van der Waals surface area contributed by atoms with Crippen LogP contribution in [0.1, 0.15) is 6.42 Å². The third-order valence-corrected chi connectivity index (χ3v) is 1.09. The maximum atomic E-state index is 10.7. The lowest BCUT2D eigenvalue weighted by Crippen LogP contribution is -2.45. The molecule has 0 bridgehead atoms. The molecule has 0 spiro atoms. The van der Waals surface area contributed by atoms with Gasteiger partial charge in [-0.25, -0.2) is 0 Å². The number of hydrogen-bond donors (Lipinski definition) is 4. The fourth-order valence-corrected chi connectivity index (χ4v) is 0.407. The van der Waals surface area contributed by atoms with Crippen molar-refractivity contribution >= 4 is 11.6 Å². The van der Waals surface area contributed by atoms with Crippen LogP contribution in [0.5, 0.6) is 0 Å². The third kappa shape index (κ3) is 3.79. The molecule has 11 heavy (non-hydrogen) atoms. The van der Waals surface area contributed by atoms with E-state index in [1.807, 2.05) is 0 Å². The second-order valence-electron chi connectivity index (χ2n) is 2.16. The Labute approximate surface area is 63.9 Å². The van der Waals surface area contributed by atoms with Crippen LogP contribution in [-0.4, -0.2) is 23.9 Å². The van der Waals surface area contributed by atoms with Gasteiger partial charge in [-0.05, 0) is 0 Å². The number of hydrogen-bond acceptors (Lipinski definition) is 6. The number of ketones is 2. The SMILES string of the molecule is NC(N)C(=O)CC(=O)C(N)N. The third-order valence-electron chi connectivity index (χ3n) is 1.09. The van der Waals surface area contributed by atoms with Crippen LogP contribution < -0.4 is 22.9 Å². The molecule has 0 fully saturated rings. The van der Waals surface area contributed by atoms with Crippen LogP contribution in [0.3, 0.4) is 0 Å². The zero-order valence-corrected chi connectivity index (χ0v) is 5.99. The quantitative estimate of drug-likeness (QED) is 0.255. The van der Waals surface area contributed by atoms with E-state index in [-0.39, 0.29) is 0 Å². The summed E-state index contributed by atoms with van der Waals surface area (Å²) in [7, 11) is 0. The van der Waals surface area contributed by atoms with Crippen molar-refractivity contribution < 1.29 is 9.59 Å². The van der Waals surface area contributed by atoms with Gasteiger partial charge in [-0.3, -0.25) is 9.59 Å². The predicted molar refractivity (Wildman–Crippen MR) is 39.0 cm³/mol. The van der Waals surface area contributed by atoms with Crippen LogP contribution in [0.4, 0.5) is 0 Å². The summed E-state index contributed by atoms with van der Waals surface area (Å²) in [4.78, 5) is 21.4. The fourth-order valence-electron chi connectivity index (χ4n) is 0.407. The minimum atomic E-state index is -1.13. The van der Waals surface area contributed by atoms with Gasteiger partial charge in [0.1, 0.15) is 12.3 Å². The van der Waals surface area contributed by atoms with E-state index < -0.39 is 30.3 Å². The summed E-state index contributed by atoms with van der Waals surface area (Å²) in [6.45, 7) is 0. The largest absolute Gasteiger partial charge is 0.310 e. The molecule has 0 aromatic heterocycles. The second-order valence-corrected chi connectivity index (χ2v) is 2.16. The van der Waals surface area contributed by atoms with E-state index in [4.69, 9.17) is 22.9 Å². The van der Waals surface area contributed by atoms with Gasteiger partial charge in [-0.1, -0.05) is 0 Å². The van der Waals surface area contributed by atoms with Crippen LogP contribution >= 0.6 is 0 Å². The molecule has 6 nitrogen and oxygen atoms in total. The van der Waals surface area contributed by atoms with E-state index in [0.717, 1.165) is 0 Å². The van der Waals surface area contributed by atoms with E-state index in [9.17, 15) is 9.59 Å². The standard InChI is InChI=1S/C5H12N4O2/c6-4(7)2(10)1-3(11)5(8)9/h4-5H,1,6-9H2. The molecular weight excluding hydrogens is 148 g/mol. The summed E-state index contributed by atoms with van der Waals surface area (Å²) in [6.07, 6.45) is -2.65. The Morgan fingerprint density at radius 1 is 0.909 bits per heavy atom. The molecule has 0 radical (unpaired) electrons. The molecule has 0 aliphatic rings. The van der Waals surface area contributed by atoms with Crippen LogP contribution in [0.2, 0.25) is 0 Å². The van der Waals surface area contributed by atoms with Crippen molar-refractivity contribution in [1.82, 2.24) is 0 Å². The Hall–Kier alpha value is -0.820. The van der Waals surface area contributed by atoms with Gasteiger partial charge < -0.3 is 22.9 Å². The Morgan fingerprint density at radius 2 is 1.18 bits per heavy atom. The number of nitrogens with two attached hydrogens (primary N) is 4. The summed E-state index contributed by atoms with van der Waals surface area (Å²) < 4.78 is 0. The molecule has 0 heterocycles. The molecule has 0 saturated carbocycles. The van der Waals surface area contributed by atoms with Gasteiger partial charge in [0.05, 0.1) is 6.42 Å². The van der Waals surface area contributed by atoms with Gasteiger partial charge in [-0.2, -0.15) is 0 Å². The Kier molecular flexibility index (Phi) is 3.83. The molecule has 0 aliphatic carbocycles. The topological polar surface area (TPSA) is 138 Å². The Bertz CT molecular complexity index is 148. The number of Topliss-reactive ketones (excluding diaryl/α,β-unsaturated/α-hetero) is 2. The zero-order chi connectivity index (χ0) is 9.02. The summed E-state index contributed by atoms with van der Waals surface area (Å²) >= 11 is 0. The van der Waals surface area contributed by atoms with E-state index in [2.05, 4.69) is 0 Å². The van der Waals surface area contributed by atoms with E-state index in [1.54, 1.807) is 0 Å². The molecule has 0 unspecified atom stereocenters. The summed E-state index contributed by atoms with van der Waals surface area (Å²) in [5, 5.41) is 0. The number of carbonyl (C=O) groups is 2. The minimum Gasteiger partial charge on any atom is -0.310 e. The fraction of sp³-hybridized carbons (Fsp3) is 0.600. The van der Waals surface area contributed by atoms with Gasteiger partial charge in [0, 0.05) is 0 Å². The highest BCUT2D eigenvalue weighted by Gasteiger charge is 2.16. The van der Waals surface area contributed by atoms with E-state index in [0.29, 0.717) is 0 Å². The van der Waals surface area contributed by atoms with Crippen molar-refractivity contribution in [2.24, 2.45) is 22.9 Å². The molecule has 64 valence electrons. The molecule has 0 aromatic rings. The average molecular weight is 160 g/mol. The van der Waals surface area contributed by atoms with Crippen LogP contribution in [0, 0.1) is 0 Å². The van der Waals surface area contributed by atoms with Crippen molar-refractivity contribution in [2.75, 3.05) is 0 Å². The first kappa shape index (κ1) is 10.2. The monoisotopic (exact) mass is 160 g/mol. The van der Waals surface area contributed by atoms with Gasteiger partial charge in [0.2, 0.25) is 0 Å². The van der Waals surface area contributed by atoms with E-state index in [1.165, 1.54) is 0 Å². The highest BCUT2D eigenvalue weighted by Crippen LogP contribution is 1.87. The zero-order valence-electron chi connectivity index (χ0n) is 5.99. The molecule has 0 amide bonds. The molecular formula is C5H12N4O2. The van der Waals surface area contributed by atoms with Gasteiger partial charge in [0.25, 0.3) is 0 Å². The van der Waals surface area contributed by atoms with Gasteiger partial charge >= 0.3 is 0 Å². The molecule has 0 aliphatic heterocycles. The molecule has 0 atom stereocenters. The first-order valence-corrected chi connectivity index (χ1v) is 3.03. The Morgan fingerprint density at radius 3 is 1.36 bits per heavy atom. The van der Waals surface area contributed by atoms with Crippen molar-refractivity contribution in [3.05, 3.63) is 0 Å². The van der Waals surface area contributed by atoms with Gasteiger partial charge in [-0.15, -0.1) is 0 Å². The number of carbonyl (C=O) groups excluding carboxylic acids is 2. The first-order valence-electron chi connectivity index (χ1n) is 3.03. The minimum absolute atomic E-state index is 0.394. The molecule has 0 saturated heterocycles. The predicted octanol–water partition coefficient (Wildman–Crippen LogP) is -3.00. The highest BCUT2D eigenvalue weighted by molar-refractivity contribution is 6.02. The van der Waals surface area contributed by atoms with Crippen molar-refractivity contribution in [2.45, 2.75) is 18.8 Å². The van der Waals surface area contributed by atoms with Crippen molar-refractivity contribution in [1.29, 1.82) is 0 Å². The maximum absolute atomic E-state index is 10.7. The lowest BCUT2D eigenvalue weighted by Gasteiger charge is -2.05. The van der Waals surface area contributed by atoms with E-state index >= 15 is 0 Å². The summed E-state index contributed by atoms with van der Waals surface area (Å²) in [6, 6.07) is 0. The second kappa shape index (κ2) is 4.14. The normalized spacial score (nSPS) is 10.7. The lowest BCUT2D eigenvalue weighted by atomic mass is 10.1. The molecule has 0 rings (SSSR count). The maximum Gasteiger partial charge on any atom is 0.171 e. The number of rotatable bonds is 4. The van der Waals surface area contributed by atoms with Crippen LogP contribution in [0.15, 0.2) is 0 Å². The first-order chi connectivity index (χ1) is 4.95. The van der Waals surface area contributed by atoms with Crippen molar-refractivity contribution in [3.63, 3.8) is 0 Å². The Balaban J connectivity index is 3.86. The highest BCUT2D eigenvalue weighted by atomic mass is 16.2. The molecule has 6 heteroatoms. The molecule has 0 aromatic carbocycles. The van der Waals surface area contributed by atoms with Crippen molar-refractivity contribution in [3.8, 4) is 0 Å². The van der Waals surface area contributed by atoms with Crippen LogP contribution in [-0.2, 0) is 9.59 Å². The molecule has 8 N–H and O–H groups in total. The van der Waals surface area contributed by atoms with Crippen LogP contribution in [0.25, 0.3) is 0 Å². The summed E-state index contributed by atoms with van der Waals surface area (Å²) in [5.41, 5.74) is 19.9.